The number of nitrogens with one attached hydrogen (secondary N) is 2. The van der Waals surface area contributed by atoms with Crippen molar-refractivity contribution in [2.45, 2.75) is 6.18 Å². The lowest BCUT2D eigenvalue weighted by Gasteiger charge is -2.17. The number of amides is 1. The lowest BCUT2D eigenvalue weighted by molar-refractivity contribution is -0.115. The number of benzene rings is 2. The smallest absolute Gasteiger partial charge is 0.405 e. The number of carbonyl (C=O) groups is 1. The van der Waals surface area contributed by atoms with Gasteiger partial charge in [0.05, 0.1) is 28.9 Å². The second-order valence-corrected chi connectivity index (χ2v) is 7.90. The number of methoxy groups -OCH3 is 1. The number of alkyl halides is 3. The first-order valence-electron chi connectivity index (χ1n) is 10.1. The summed E-state index contributed by atoms with van der Waals surface area (Å²) >= 11 is 6.28. The zero-order valence-electron chi connectivity index (χ0n) is 18.3. The molecule has 0 saturated carbocycles. The summed E-state index contributed by atoms with van der Waals surface area (Å²) in [5.41, 5.74) is 3.35. The van der Waals surface area contributed by atoms with Crippen LogP contribution in [0.1, 0.15) is 10.4 Å². The molecule has 0 atom stereocenters. The zero-order valence-corrected chi connectivity index (χ0v) is 19.1. The van der Waals surface area contributed by atoms with Crippen LogP contribution in [-0.2, 0) is 0 Å². The summed E-state index contributed by atoms with van der Waals surface area (Å²) in [4.78, 5) is 39.6. The Bertz CT molecular complexity index is 1560. The molecule has 0 aliphatic heterocycles. The minimum absolute atomic E-state index is 0.0557. The normalized spacial score (nSPS) is 11.5. The van der Waals surface area contributed by atoms with Gasteiger partial charge in [-0.1, -0.05) is 11.6 Å². The molecule has 36 heavy (non-hydrogen) atoms. The Hall–Kier alpha value is -4.32. The zero-order chi connectivity index (χ0) is 26.2. The Morgan fingerprint density at radius 2 is 1.81 bits per heavy atom. The predicted molar refractivity (Wildman–Crippen MR) is 128 cm³/mol. The van der Waals surface area contributed by atoms with E-state index in [2.05, 4.69) is 10.3 Å². The fourth-order valence-corrected chi connectivity index (χ4v) is 3.61. The third-order valence-corrected chi connectivity index (χ3v) is 5.40. The Kier molecular flexibility index (Phi) is 6.46. The van der Waals surface area contributed by atoms with Gasteiger partial charge in [0.15, 0.2) is 0 Å². The maximum absolute atomic E-state index is 12.5. The van der Waals surface area contributed by atoms with Gasteiger partial charge in [0.2, 0.25) is 0 Å². The van der Waals surface area contributed by atoms with E-state index in [1.165, 1.54) is 43.6 Å². The topological polar surface area (TPSA) is 133 Å². The van der Waals surface area contributed by atoms with Crippen LogP contribution in [0.4, 0.5) is 30.2 Å². The third-order valence-electron chi connectivity index (χ3n) is 5.09. The predicted octanol–water partition coefficient (Wildman–Crippen LogP) is 4.10. The summed E-state index contributed by atoms with van der Waals surface area (Å²) < 4.78 is 48.5. The molecule has 4 aromatic rings. The number of hydrogen-bond acceptors (Lipinski definition) is 8. The van der Waals surface area contributed by atoms with Crippen LogP contribution in [0, 0.1) is 0 Å². The number of rotatable bonds is 8. The van der Waals surface area contributed by atoms with Crippen LogP contribution in [0.3, 0.4) is 0 Å². The van der Waals surface area contributed by atoms with Crippen LogP contribution < -0.4 is 36.7 Å². The van der Waals surface area contributed by atoms with Crippen molar-refractivity contribution in [1.82, 2.24) is 4.98 Å². The molecule has 0 saturated heterocycles. The van der Waals surface area contributed by atoms with Crippen LogP contribution in [-0.4, -0.2) is 30.7 Å². The number of nitrogens with two attached hydrogens (primary N) is 1. The number of hydrogen-bond donors (Lipinski definition) is 3. The highest BCUT2D eigenvalue weighted by atomic mass is 35.5. The Labute approximate surface area is 205 Å². The van der Waals surface area contributed by atoms with Crippen molar-refractivity contribution in [2.75, 3.05) is 24.3 Å². The number of fused-ring (bicyclic) bond motifs is 1. The van der Waals surface area contributed by atoms with E-state index in [0.717, 1.165) is 0 Å². The Balaban J connectivity index is 1.60. The van der Waals surface area contributed by atoms with Gasteiger partial charge in [-0.2, -0.15) is 13.2 Å². The molecule has 4 rings (SSSR count). The lowest BCUT2D eigenvalue weighted by Crippen LogP contribution is -2.38. The van der Waals surface area contributed by atoms with Gasteiger partial charge in [0, 0.05) is 23.7 Å². The molecule has 9 nitrogen and oxygen atoms in total. The first-order chi connectivity index (χ1) is 17.0. The van der Waals surface area contributed by atoms with Crippen molar-refractivity contribution in [3.63, 3.8) is 0 Å². The fourth-order valence-electron chi connectivity index (χ4n) is 3.39. The highest BCUT2D eigenvalue weighted by molar-refractivity contribution is 6.33. The summed E-state index contributed by atoms with van der Waals surface area (Å²) in [6, 6.07) is 8.87. The van der Waals surface area contributed by atoms with E-state index < -0.39 is 35.2 Å². The number of anilines is 3. The molecule has 1 aromatic heterocycles. The van der Waals surface area contributed by atoms with Crippen molar-refractivity contribution >= 4 is 45.5 Å². The van der Waals surface area contributed by atoms with Gasteiger partial charge in [-0.3, -0.25) is 19.4 Å². The Morgan fingerprint density at radius 1 is 1.08 bits per heavy atom. The molecule has 0 bridgehead atoms. The quantitative estimate of drug-likeness (QED) is 0.296. The first-order valence-corrected chi connectivity index (χ1v) is 10.5. The molecule has 3 aromatic carbocycles. The minimum atomic E-state index is -4.58. The molecule has 4 N–H and O–H groups in total. The SMILES string of the molecule is COc1cc2nccc(Oc3ccc(Nc4c(NCC(F)(F)F)c(=O)c4=O)c(Cl)c3)c2cc1C(N)=O. The number of primary amides is 1. The second-order valence-electron chi connectivity index (χ2n) is 7.49. The van der Waals surface area contributed by atoms with Crippen molar-refractivity contribution < 1.29 is 27.4 Å². The van der Waals surface area contributed by atoms with E-state index in [4.69, 9.17) is 26.8 Å². The number of nitrogens with zero attached hydrogens (tertiary/aromatic N) is 1. The molecular weight excluding hydrogens is 505 g/mol. The molecular formula is C23H16ClF3N4O5. The van der Waals surface area contributed by atoms with Gasteiger partial charge >= 0.3 is 6.18 Å². The van der Waals surface area contributed by atoms with E-state index >= 15 is 0 Å². The Morgan fingerprint density at radius 3 is 2.44 bits per heavy atom. The monoisotopic (exact) mass is 520 g/mol. The van der Waals surface area contributed by atoms with Crippen LogP contribution in [0.15, 0.2) is 52.2 Å². The molecule has 0 unspecified atom stereocenters. The molecule has 186 valence electrons. The summed E-state index contributed by atoms with van der Waals surface area (Å²) in [5, 5.41) is 5.02. The van der Waals surface area contributed by atoms with E-state index in [1.54, 1.807) is 6.07 Å². The highest BCUT2D eigenvalue weighted by Gasteiger charge is 2.30. The van der Waals surface area contributed by atoms with E-state index in [1.807, 2.05) is 5.32 Å². The van der Waals surface area contributed by atoms with Gasteiger partial charge < -0.3 is 25.8 Å². The molecule has 0 radical (unpaired) electrons. The third kappa shape index (κ3) is 4.89. The minimum Gasteiger partial charge on any atom is -0.496 e. The number of ether oxygens (including phenoxy) is 2. The van der Waals surface area contributed by atoms with Gasteiger partial charge in [0.1, 0.15) is 35.2 Å². The molecule has 0 aliphatic carbocycles. The second kappa shape index (κ2) is 9.38. The maximum Gasteiger partial charge on any atom is 0.405 e. The number of halogens is 4. The average Bonchev–Trinajstić information content (AvgIpc) is 2.82. The summed E-state index contributed by atoms with van der Waals surface area (Å²) in [6.45, 7) is -1.48. The van der Waals surface area contributed by atoms with Crippen molar-refractivity contribution in [3.05, 3.63) is 73.6 Å². The van der Waals surface area contributed by atoms with Gasteiger partial charge in [-0.05, 0) is 24.3 Å². The van der Waals surface area contributed by atoms with Crippen LogP contribution in [0.2, 0.25) is 5.02 Å². The van der Waals surface area contributed by atoms with E-state index in [9.17, 15) is 27.6 Å². The van der Waals surface area contributed by atoms with Crippen molar-refractivity contribution in [1.29, 1.82) is 0 Å². The first kappa shape index (κ1) is 24.8. The van der Waals surface area contributed by atoms with E-state index in [-0.39, 0.29) is 33.5 Å². The van der Waals surface area contributed by atoms with Crippen LogP contribution in [0.5, 0.6) is 17.2 Å². The largest absolute Gasteiger partial charge is 0.496 e. The molecule has 1 amide bonds. The summed E-state index contributed by atoms with van der Waals surface area (Å²) in [5.74, 6) is 0.128. The van der Waals surface area contributed by atoms with E-state index in [0.29, 0.717) is 16.7 Å². The number of aromatic nitrogens is 1. The molecule has 0 spiro atoms. The van der Waals surface area contributed by atoms with Crippen LogP contribution >= 0.6 is 11.6 Å². The fraction of sp³-hybridized carbons (Fsp3) is 0.130. The summed E-state index contributed by atoms with van der Waals surface area (Å²) in [6.07, 6.45) is -3.09. The standard InChI is InChI=1S/C23H16ClF3N4O5/c1-35-17-8-15-11(7-12(17)22(28)34)16(4-5-29-15)36-10-2-3-14(13(24)6-10)31-19-18(20(32)21(19)33)30-9-23(25,26)27/h2-8,30-31H,9H2,1H3,(H2,28,34). The average molecular weight is 521 g/mol. The molecule has 1 heterocycles. The lowest BCUT2D eigenvalue weighted by atomic mass is 10.1. The van der Waals surface area contributed by atoms with Gasteiger partial charge in [0.25, 0.3) is 16.8 Å². The summed E-state index contributed by atoms with van der Waals surface area (Å²) in [7, 11) is 1.39. The van der Waals surface area contributed by atoms with Crippen molar-refractivity contribution in [2.24, 2.45) is 5.73 Å². The van der Waals surface area contributed by atoms with Gasteiger partial charge in [-0.25, -0.2) is 0 Å². The maximum atomic E-state index is 12.5. The van der Waals surface area contributed by atoms with Crippen LogP contribution in [0.25, 0.3) is 10.9 Å². The number of pyridine rings is 1. The highest BCUT2D eigenvalue weighted by Crippen LogP contribution is 2.36. The molecule has 13 heteroatoms. The molecule has 0 fully saturated rings. The van der Waals surface area contributed by atoms with Crippen molar-refractivity contribution in [3.8, 4) is 17.2 Å². The van der Waals surface area contributed by atoms with Gasteiger partial charge in [-0.15, -0.1) is 0 Å². The number of carbonyl (C=O) groups excluding carboxylic acids is 1. The molecule has 0 aliphatic rings.